The number of halogens is 2. The molecule has 0 aliphatic carbocycles. The van der Waals surface area contributed by atoms with Crippen molar-refractivity contribution < 1.29 is 17.2 Å². The third-order valence-corrected chi connectivity index (χ3v) is 5.88. The third-order valence-electron chi connectivity index (χ3n) is 4.00. The molecule has 1 heterocycles. The molecule has 0 aliphatic heterocycles. The zero-order chi connectivity index (χ0) is 19.1. The second-order valence-electron chi connectivity index (χ2n) is 5.88. The molecule has 0 saturated carbocycles. The van der Waals surface area contributed by atoms with E-state index in [0.29, 0.717) is 11.1 Å². The highest BCUT2D eigenvalue weighted by Gasteiger charge is 2.22. The first-order valence-electron chi connectivity index (χ1n) is 7.49. The van der Waals surface area contributed by atoms with Gasteiger partial charge in [0.15, 0.2) is 9.84 Å². The molecular formula is C19H13F2NO2S2. The van der Waals surface area contributed by atoms with E-state index in [2.05, 4.69) is 6.07 Å². The Morgan fingerprint density at radius 3 is 2.08 bits per heavy atom. The van der Waals surface area contributed by atoms with Gasteiger partial charge in [0, 0.05) is 17.4 Å². The molecule has 3 aromatic rings. The first-order valence-corrected chi connectivity index (χ1v) is 10.3. The Balaban J connectivity index is 2.16. The van der Waals surface area contributed by atoms with Gasteiger partial charge in [-0.2, -0.15) is 16.6 Å². The Labute approximate surface area is 154 Å². The predicted molar refractivity (Wildman–Crippen MR) is 97.7 cm³/mol. The topological polar surface area (TPSA) is 57.9 Å². The second-order valence-corrected chi connectivity index (χ2v) is 8.58. The van der Waals surface area contributed by atoms with Gasteiger partial charge in [-0.05, 0) is 52.6 Å². The van der Waals surface area contributed by atoms with Crippen LogP contribution in [0.4, 0.5) is 8.78 Å². The van der Waals surface area contributed by atoms with Crippen molar-refractivity contribution in [3.05, 3.63) is 63.9 Å². The second kappa shape index (κ2) is 6.63. The van der Waals surface area contributed by atoms with Crippen molar-refractivity contribution in [3.63, 3.8) is 0 Å². The number of nitrogens with zero attached hydrogens (tertiary/aromatic N) is 1. The maximum Gasteiger partial charge on any atom is 0.181 e. The summed E-state index contributed by atoms with van der Waals surface area (Å²) in [6.07, 6.45) is 0.768. The SMILES string of the molecule is Cc1cc(-c2cscc2-c2cc(F)c(S(C)(=O)=O)c(F)c2)ccc1C#N. The highest BCUT2D eigenvalue weighted by atomic mass is 32.2. The van der Waals surface area contributed by atoms with Crippen molar-refractivity contribution in [2.45, 2.75) is 11.8 Å². The largest absolute Gasteiger partial charge is 0.224 e. The van der Waals surface area contributed by atoms with Gasteiger partial charge in [-0.1, -0.05) is 12.1 Å². The molecule has 0 spiro atoms. The maximum absolute atomic E-state index is 14.2. The van der Waals surface area contributed by atoms with Crippen LogP contribution in [-0.4, -0.2) is 14.7 Å². The molecule has 7 heteroatoms. The molecule has 26 heavy (non-hydrogen) atoms. The molecule has 0 saturated heterocycles. The van der Waals surface area contributed by atoms with Crippen molar-refractivity contribution in [1.82, 2.24) is 0 Å². The molecular weight excluding hydrogens is 376 g/mol. The summed E-state index contributed by atoms with van der Waals surface area (Å²) in [6, 6.07) is 9.46. The molecule has 3 rings (SSSR count). The number of thiophene rings is 1. The van der Waals surface area contributed by atoms with Gasteiger partial charge in [-0.3, -0.25) is 0 Å². The molecule has 0 amide bonds. The standard InChI is InChI=1S/C19H13F2NO2S2/c1-11-5-12(3-4-13(11)8-22)15-9-25-10-16(15)14-6-17(20)19(18(21)7-14)26(2,23)24/h3-7,9-10H,1-2H3. The van der Waals surface area contributed by atoms with E-state index in [4.69, 9.17) is 5.26 Å². The first-order chi connectivity index (χ1) is 12.2. The molecule has 3 nitrogen and oxygen atoms in total. The fourth-order valence-electron chi connectivity index (χ4n) is 2.77. The summed E-state index contributed by atoms with van der Waals surface area (Å²) in [6.45, 7) is 1.81. The van der Waals surface area contributed by atoms with Gasteiger partial charge in [0.25, 0.3) is 0 Å². The van der Waals surface area contributed by atoms with Crippen molar-refractivity contribution >= 4 is 21.2 Å². The van der Waals surface area contributed by atoms with Crippen LogP contribution in [0.1, 0.15) is 11.1 Å². The van der Waals surface area contributed by atoms with E-state index in [1.807, 2.05) is 18.4 Å². The van der Waals surface area contributed by atoms with Crippen molar-refractivity contribution in [1.29, 1.82) is 5.26 Å². The summed E-state index contributed by atoms with van der Waals surface area (Å²) < 4.78 is 51.6. The molecule has 0 unspecified atom stereocenters. The fraction of sp³-hybridized carbons (Fsp3) is 0.105. The van der Waals surface area contributed by atoms with Crippen molar-refractivity contribution in [3.8, 4) is 28.3 Å². The predicted octanol–water partition coefficient (Wildman–Crippen LogP) is 4.94. The summed E-state index contributed by atoms with van der Waals surface area (Å²) in [5.41, 5.74) is 3.77. The number of hydrogen-bond acceptors (Lipinski definition) is 4. The van der Waals surface area contributed by atoms with Crippen LogP contribution in [0.3, 0.4) is 0 Å². The van der Waals surface area contributed by atoms with Gasteiger partial charge in [0.05, 0.1) is 11.6 Å². The molecule has 0 bridgehead atoms. The quantitative estimate of drug-likeness (QED) is 0.637. The van der Waals surface area contributed by atoms with Gasteiger partial charge in [0.1, 0.15) is 16.5 Å². The third kappa shape index (κ3) is 3.26. The van der Waals surface area contributed by atoms with Gasteiger partial charge < -0.3 is 0 Å². The van der Waals surface area contributed by atoms with Crippen molar-refractivity contribution in [2.75, 3.05) is 6.26 Å². The summed E-state index contributed by atoms with van der Waals surface area (Å²) >= 11 is 1.36. The van der Waals surface area contributed by atoms with E-state index in [1.54, 1.807) is 17.5 Å². The van der Waals surface area contributed by atoms with Crippen LogP contribution in [0, 0.1) is 29.9 Å². The average Bonchev–Trinajstić information content (AvgIpc) is 3.02. The molecule has 0 aliphatic rings. The van der Waals surface area contributed by atoms with Gasteiger partial charge in [-0.15, -0.1) is 0 Å². The van der Waals surface area contributed by atoms with Crippen LogP contribution in [0.25, 0.3) is 22.3 Å². The van der Waals surface area contributed by atoms with E-state index in [0.717, 1.165) is 35.1 Å². The summed E-state index contributed by atoms with van der Waals surface area (Å²) in [7, 11) is -4.00. The lowest BCUT2D eigenvalue weighted by molar-refractivity contribution is 0.522. The molecule has 0 atom stereocenters. The smallest absolute Gasteiger partial charge is 0.181 e. The minimum Gasteiger partial charge on any atom is -0.224 e. The molecule has 0 N–H and O–H groups in total. The maximum atomic E-state index is 14.2. The lowest BCUT2D eigenvalue weighted by atomic mass is 9.96. The summed E-state index contributed by atoms with van der Waals surface area (Å²) in [4.78, 5) is -0.924. The Bertz CT molecular complexity index is 1140. The van der Waals surface area contributed by atoms with Crippen LogP contribution in [0.5, 0.6) is 0 Å². The van der Waals surface area contributed by atoms with E-state index in [1.165, 1.54) is 11.3 Å². The number of benzene rings is 2. The normalized spacial score (nSPS) is 11.3. The number of hydrogen-bond donors (Lipinski definition) is 0. The summed E-state index contributed by atoms with van der Waals surface area (Å²) in [5.74, 6) is -2.23. The molecule has 132 valence electrons. The van der Waals surface area contributed by atoms with Crippen molar-refractivity contribution in [2.24, 2.45) is 0 Å². The average molecular weight is 389 g/mol. The number of sulfone groups is 1. The van der Waals surface area contributed by atoms with Gasteiger partial charge in [0.2, 0.25) is 0 Å². The van der Waals surface area contributed by atoms with Gasteiger partial charge in [-0.25, -0.2) is 17.2 Å². The zero-order valence-electron chi connectivity index (χ0n) is 13.9. The fourth-order valence-corrected chi connectivity index (χ4v) is 4.46. The number of aryl methyl sites for hydroxylation is 1. The highest BCUT2D eigenvalue weighted by Crippen LogP contribution is 2.37. The number of nitriles is 1. The first kappa shape index (κ1) is 18.2. The Hall–Kier alpha value is -2.56. The molecule has 0 fully saturated rings. The van der Waals surface area contributed by atoms with E-state index < -0.39 is 26.4 Å². The highest BCUT2D eigenvalue weighted by molar-refractivity contribution is 7.90. The zero-order valence-corrected chi connectivity index (χ0v) is 15.5. The Morgan fingerprint density at radius 2 is 1.58 bits per heavy atom. The summed E-state index contributed by atoms with van der Waals surface area (Å²) in [5, 5.41) is 12.6. The van der Waals surface area contributed by atoms with Crippen LogP contribution < -0.4 is 0 Å². The van der Waals surface area contributed by atoms with E-state index >= 15 is 0 Å². The van der Waals surface area contributed by atoms with E-state index in [9.17, 15) is 17.2 Å². The van der Waals surface area contributed by atoms with Crippen LogP contribution in [-0.2, 0) is 9.84 Å². The molecule has 0 radical (unpaired) electrons. The lowest BCUT2D eigenvalue weighted by Gasteiger charge is -2.09. The van der Waals surface area contributed by atoms with Crippen LogP contribution in [0.15, 0.2) is 46.0 Å². The van der Waals surface area contributed by atoms with E-state index in [-0.39, 0.29) is 5.56 Å². The van der Waals surface area contributed by atoms with Crippen LogP contribution in [0.2, 0.25) is 0 Å². The monoisotopic (exact) mass is 389 g/mol. The lowest BCUT2D eigenvalue weighted by Crippen LogP contribution is -2.04. The van der Waals surface area contributed by atoms with Gasteiger partial charge >= 0.3 is 0 Å². The molecule has 1 aromatic heterocycles. The van der Waals surface area contributed by atoms with Crippen LogP contribution >= 0.6 is 11.3 Å². The minimum atomic E-state index is -4.00. The Morgan fingerprint density at radius 1 is 1.00 bits per heavy atom. The Kier molecular flexibility index (Phi) is 4.65. The minimum absolute atomic E-state index is 0.255. The molecule has 2 aromatic carbocycles. The number of rotatable bonds is 3.